The summed E-state index contributed by atoms with van der Waals surface area (Å²) in [7, 11) is 0. The molecule has 0 saturated heterocycles. The highest BCUT2D eigenvalue weighted by Crippen LogP contribution is 2.35. The second kappa shape index (κ2) is 4.63. The molecule has 1 aromatic rings. The van der Waals surface area contributed by atoms with Gasteiger partial charge in [0.15, 0.2) is 0 Å². The molecule has 1 aromatic carbocycles. The Labute approximate surface area is 95.8 Å². The summed E-state index contributed by atoms with van der Waals surface area (Å²) >= 11 is 9.37. The van der Waals surface area contributed by atoms with Gasteiger partial charge >= 0.3 is 6.18 Å². The first-order valence-electron chi connectivity index (χ1n) is 4.09. The average Bonchev–Trinajstić information content (AvgIpc) is 2.15. The standard InChI is InChI=1S/C9H9ClF3NS/c10-7-2-1-5(8(14)4-15)3-6(7)9(11,12)13/h1-3,8,15H,4,14H2. The quantitative estimate of drug-likeness (QED) is 0.780. The number of hydrogen-bond acceptors (Lipinski definition) is 2. The molecule has 1 rings (SSSR count). The average molecular weight is 256 g/mol. The van der Waals surface area contributed by atoms with Crippen molar-refractivity contribution in [2.75, 3.05) is 5.75 Å². The molecule has 0 amide bonds. The Kier molecular flexibility index (Phi) is 3.92. The molecule has 0 fully saturated rings. The summed E-state index contributed by atoms with van der Waals surface area (Å²) in [5.41, 5.74) is 5.08. The SMILES string of the molecule is NC(CS)c1ccc(Cl)c(C(F)(F)F)c1. The van der Waals surface area contributed by atoms with Crippen LogP contribution in [0.3, 0.4) is 0 Å². The molecule has 0 heterocycles. The van der Waals surface area contributed by atoms with Gasteiger partial charge in [-0.25, -0.2) is 0 Å². The van der Waals surface area contributed by atoms with Crippen molar-refractivity contribution in [1.82, 2.24) is 0 Å². The Morgan fingerprint density at radius 3 is 2.47 bits per heavy atom. The zero-order chi connectivity index (χ0) is 11.6. The number of thiol groups is 1. The predicted molar refractivity (Wildman–Crippen MR) is 57.2 cm³/mol. The van der Waals surface area contributed by atoms with Gasteiger partial charge in [-0.2, -0.15) is 25.8 Å². The predicted octanol–water partition coefficient (Wildman–Crippen LogP) is 3.29. The van der Waals surface area contributed by atoms with Gasteiger partial charge in [-0.15, -0.1) is 0 Å². The van der Waals surface area contributed by atoms with Crippen molar-refractivity contribution in [3.8, 4) is 0 Å². The van der Waals surface area contributed by atoms with Crippen LogP contribution in [0.2, 0.25) is 5.02 Å². The summed E-state index contributed by atoms with van der Waals surface area (Å²) in [6.45, 7) is 0. The normalized spacial score (nSPS) is 14.0. The number of benzene rings is 1. The number of rotatable bonds is 2. The van der Waals surface area contributed by atoms with E-state index < -0.39 is 17.8 Å². The first-order valence-corrected chi connectivity index (χ1v) is 5.10. The van der Waals surface area contributed by atoms with Crippen molar-refractivity contribution in [3.63, 3.8) is 0 Å². The Bertz CT molecular complexity index is 354. The van der Waals surface area contributed by atoms with E-state index in [4.69, 9.17) is 17.3 Å². The van der Waals surface area contributed by atoms with Crippen LogP contribution in [0, 0.1) is 0 Å². The molecule has 84 valence electrons. The Morgan fingerprint density at radius 2 is 2.00 bits per heavy atom. The van der Waals surface area contributed by atoms with Gasteiger partial charge in [-0.1, -0.05) is 17.7 Å². The maximum absolute atomic E-state index is 12.5. The lowest BCUT2D eigenvalue weighted by atomic mass is 10.1. The van der Waals surface area contributed by atoms with Crippen LogP contribution in [0.1, 0.15) is 17.2 Å². The van der Waals surface area contributed by atoms with Crippen LogP contribution >= 0.6 is 24.2 Å². The van der Waals surface area contributed by atoms with E-state index in [0.29, 0.717) is 5.56 Å². The fraction of sp³-hybridized carbons (Fsp3) is 0.333. The summed E-state index contributed by atoms with van der Waals surface area (Å²) in [6, 6.07) is 3.11. The highest BCUT2D eigenvalue weighted by molar-refractivity contribution is 7.80. The van der Waals surface area contributed by atoms with Gasteiger partial charge in [-0.3, -0.25) is 0 Å². The molecule has 1 unspecified atom stereocenters. The molecule has 1 atom stereocenters. The molecule has 0 radical (unpaired) electrons. The highest BCUT2D eigenvalue weighted by atomic mass is 35.5. The maximum atomic E-state index is 12.5. The Balaban J connectivity index is 3.17. The van der Waals surface area contributed by atoms with E-state index in [-0.39, 0.29) is 10.8 Å². The third-order valence-electron chi connectivity index (χ3n) is 1.92. The van der Waals surface area contributed by atoms with Gasteiger partial charge in [0, 0.05) is 11.8 Å². The largest absolute Gasteiger partial charge is 0.417 e. The first kappa shape index (κ1) is 12.7. The number of halogens is 4. The van der Waals surface area contributed by atoms with Crippen LogP contribution in [0.4, 0.5) is 13.2 Å². The Hall–Kier alpha value is -0.390. The third kappa shape index (κ3) is 3.03. The minimum Gasteiger partial charge on any atom is -0.323 e. The van der Waals surface area contributed by atoms with Crippen LogP contribution in [0.25, 0.3) is 0 Å². The summed E-state index contributed by atoms with van der Waals surface area (Å²) in [5, 5.41) is -0.322. The molecule has 0 aliphatic rings. The van der Waals surface area contributed by atoms with Gasteiger partial charge in [0.1, 0.15) is 0 Å². The molecule has 0 bridgehead atoms. The first-order chi connectivity index (χ1) is 6.86. The van der Waals surface area contributed by atoms with Crippen molar-refractivity contribution >= 4 is 24.2 Å². The molecular formula is C9H9ClF3NS. The smallest absolute Gasteiger partial charge is 0.323 e. The van der Waals surface area contributed by atoms with E-state index in [2.05, 4.69) is 12.6 Å². The Morgan fingerprint density at radius 1 is 1.40 bits per heavy atom. The highest BCUT2D eigenvalue weighted by Gasteiger charge is 2.33. The van der Waals surface area contributed by atoms with Crippen LogP contribution in [-0.4, -0.2) is 5.75 Å². The zero-order valence-corrected chi connectivity index (χ0v) is 9.20. The van der Waals surface area contributed by atoms with Gasteiger partial charge in [-0.05, 0) is 17.7 Å². The van der Waals surface area contributed by atoms with Crippen molar-refractivity contribution in [1.29, 1.82) is 0 Å². The van der Waals surface area contributed by atoms with Gasteiger partial charge < -0.3 is 5.73 Å². The summed E-state index contributed by atoms with van der Waals surface area (Å²) in [5.74, 6) is 0.277. The van der Waals surface area contributed by atoms with E-state index in [1.54, 1.807) is 0 Å². The molecular weight excluding hydrogens is 247 g/mol. The van der Waals surface area contributed by atoms with Crippen LogP contribution in [0.5, 0.6) is 0 Å². The molecule has 1 nitrogen and oxygen atoms in total. The molecule has 2 N–H and O–H groups in total. The lowest BCUT2D eigenvalue weighted by Crippen LogP contribution is -2.14. The minimum absolute atomic E-state index is 0.277. The molecule has 0 aliphatic heterocycles. The molecule has 15 heavy (non-hydrogen) atoms. The second-order valence-electron chi connectivity index (χ2n) is 3.03. The van der Waals surface area contributed by atoms with Crippen molar-refractivity contribution < 1.29 is 13.2 Å². The monoisotopic (exact) mass is 255 g/mol. The lowest BCUT2D eigenvalue weighted by Gasteiger charge is -2.13. The van der Waals surface area contributed by atoms with Crippen molar-refractivity contribution in [2.45, 2.75) is 12.2 Å². The number of alkyl halides is 3. The van der Waals surface area contributed by atoms with Gasteiger partial charge in [0.05, 0.1) is 10.6 Å². The van der Waals surface area contributed by atoms with E-state index >= 15 is 0 Å². The topological polar surface area (TPSA) is 26.0 Å². The van der Waals surface area contributed by atoms with Crippen LogP contribution < -0.4 is 5.73 Å². The second-order valence-corrected chi connectivity index (χ2v) is 3.80. The van der Waals surface area contributed by atoms with E-state index in [0.717, 1.165) is 6.07 Å². The molecule has 0 aromatic heterocycles. The van der Waals surface area contributed by atoms with Crippen molar-refractivity contribution in [3.05, 3.63) is 34.3 Å². The molecule has 6 heteroatoms. The van der Waals surface area contributed by atoms with E-state index in [1.807, 2.05) is 0 Å². The summed E-state index contributed by atoms with van der Waals surface area (Å²) in [4.78, 5) is 0. The molecule has 0 saturated carbocycles. The summed E-state index contributed by atoms with van der Waals surface area (Å²) in [6.07, 6.45) is -4.45. The number of nitrogens with two attached hydrogens (primary N) is 1. The molecule has 0 spiro atoms. The van der Waals surface area contributed by atoms with Crippen LogP contribution in [-0.2, 0) is 6.18 Å². The fourth-order valence-electron chi connectivity index (χ4n) is 1.10. The van der Waals surface area contributed by atoms with Gasteiger partial charge in [0.25, 0.3) is 0 Å². The molecule has 0 aliphatic carbocycles. The van der Waals surface area contributed by atoms with E-state index in [9.17, 15) is 13.2 Å². The van der Waals surface area contributed by atoms with Gasteiger partial charge in [0.2, 0.25) is 0 Å². The number of hydrogen-bond donors (Lipinski definition) is 2. The zero-order valence-electron chi connectivity index (χ0n) is 7.55. The summed E-state index contributed by atoms with van der Waals surface area (Å²) < 4.78 is 37.4. The van der Waals surface area contributed by atoms with E-state index in [1.165, 1.54) is 12.1 Å². The maximum Gasteiger partial charge on any atom is 0.417 e. The third-order valence-corrected chi connectivity index (χ3v) is 2.64. The lowest BCUT2D eigenvalue weighted by molar-refractivity contribution is -0.137. The minimum atomic E-state index is -4.45. The van der Waals surface area contributed by atoms with Crippen molar-refractivity contribution in [2.24, 2.45) is 5.73 Å². The fourth-order valence-corrected chi connectivity index (χ4v) is 1.53. The van der Waals surface area contributed by atoms with Crippen LogP contribution in [0.15, 0.2) is 18.2 Å².